The Morgan fingerprint density at radius 1 is 1.44 bits per heavy atom. The van der Waals surface area contributed by atoms with Gasteiger partial charge in [0.15, 0.2) is 0 Å². The number of aryl methyl sites for hydroxylation is 1. The number of nitrogens with one attached hydrogen (secondary N) is 1. The molecule has 3 N–H and O–H groups in total. The molecule has 0 radical (unpaired) electrons. The minimum atomic E-state index is 0.652. The van der Waals surface area contributed by atoms with E-state index in [-0.39, 0.29) is 0 Å². The molecule has 2 aromatic heterocycles. The Labute approximate surface area is 114 Å². The molecule has 2 heterocycles. The first-order chi connectivity index (χ1) is 8.69. The monoisotopic (exact) mass is 277 g/mol. The number of hydrogen-bond donors (Lipinski definition) is 2. The number of nitrogens with two attached hydrogens (primary N) is 1. The minimum Gasteiger partial charge on any atom is -0.390 e. The van der Waals surface area contributed by atoms with Crippen molar-refractivity contribution < 1.29 is 0 Å². The Kier molecular flexibility index (Phi) is 2.76. The molecule has 92 valence electrons. The molecule has 3 nitrogen and oxygen atoms in total. The second kappa shape index (κ2) is 4.30. The molecule has 0 saturated heterocycles. The molecular weight excluding hydrogens is 266 g/mol. The number of aromatic nitrogens is 2. The number of halogens is 1. The predicted octanol–water partition coefficient (Wildman–Crippen LogP) is 4.09. The third-order valence-electron chi connectivity index (χ3n) is 2.88. The molecule has 0 spiro atoms. The number of thiophene rings is 1. The molecule has 1 aromatic carbocycles. The van der Waals surface area contributed by atoms with Crippen molar-refractivity contribution >= 4 is 39.0 Å². The number of H-pyrrole nitrogens is 1. The molecule has 3 rings (SSSR count). The molecule has 0 atom stereocenters. The minimum absolute atomic E-state index is 0.652. The fraction of sp³-hybridized carbons (Fsp3) is 0.154. The van der Waals surface area contributed by atoms with Crippen molar-refractivity contribution in [3.8, 4) is 11.4 Å². The van der Waals surface area contributed by atoms with Crippen LogP contribution in [0.4, 0.5) is 5.00 Å². The van der Waals surface area contributed by atoms with Crippen LogP contribution in [0.3, 0.4) is 0 Å². The topological polar surface area (TPSA) is 54.7 Å². The summed E-state index contributed by atoms with van der Waals surface area (Å²) in [7, 11) is 0. The molecular formula is C13H12ClN3S. The molecule has 0 bridgehead atoms. The summed E-state index contributed by atoms with van der Waals surface area (Å²) < 4.78 is 0. The van der Waals surface area contributed by atoms with Crippen LogP contribution < -0.4 is 5.73 Å². The first-order valence-corrected chi connectivity index (χ1v) is 6.91. The summed E-state index contributed by atoms with van der Waals surface area (Å²) >= 11 is 7.73. The predicted molar refractivity (Wildman–Crippen MR) is 78.2 cm³/mol. The Hall–Kier alpha value is -1.52. The number of benzene rings is 1. The van der Waals surface area contributed by atoms with Gasteiger partial charge in [-0.25, -0.2) is 4.98 Å². The highest BCUT2D eigenvalue weighted by atomic mass is 35.5. The molecule has 3 aromatic rings. The van der Waals surface area contributed by atoms with Crippen LogP contribution in [0.25, 0.3) is 22.4 Å². The normalized spacial score (nSPS) is 11.2. The van der Waals surface area contributed by atoms with Crippen LogP contribution in [0.2, 0.25) is 5.02 Å². The maximum absolute atomic E-state index is 6.12. The van der Waals surface area contributed by atoms with E-state index in [1.165, 1.54) is 4.88 Å². The summed E-state index contributed by atoms with van der Waals surface area (Å²) in [5.41, 5.74) is 8.72. The number of aromatic amines is 1. The molecule has 0 aliphatic carbocycles. The van der Waals surface area contributed by atoms with Gasteiger partial charge in [0.25, 0.3) is 0 Å². The summed E-state index contributed by atoms with van der Waals surface area (Å²) in [5, 5.41) is 1.45. The van der Waals surface area contributed by atoms with Gasteiger partial charge in [0, 0.05) is 4.88 Å². The third-order valence-corrected chi connectivity index (χ3v) is 4.29. The fourth-order valence-electron chi connectivity index (χ4n) is 1.94. The second-order valence-electron chi connectivity index (χ2n) is 4.07. The molecule has 5 heteroatoms. The van der Waals surface area contributed by atoms with Crippen LogP contribution in [-0.2, 0) is 6.42 Å². The second-order valence-corrected chi connectivity index (χ2v) is 5.64. The fourth-order valence-corrected chi connectivity index (χ4v) is 3.03. The van der Waals surface area contributed by atoms with Gasteiger partial charge in [0.2, 0.25) is 0 Å². The zero-order chi connectivity index (χ0) is 12.7. The van der Waals surface area contributed by atoms with Crippen LogP contribution in [0.1, 0.15) is 11.8 Å². The lowest BCUT2D eigenvalue weighted by molar-refractivity contribution is 1.18. The largest absolute Gasteiger partial charge is 0.390 e. The Bertz CT molecular complexity index is 714. The summed E-state index contributed by atoms with van der Waals surface area (Å²) in [4.78, 5) is 9.05. The smallest absolute Gasteiger partial charge is 0.141 e. The molecule has 0 saturated carbocycles. The number of anilines is 1. The van der Waals surface area contributed by atoms with Crippen molar-refractivity contribution in [3.63, 3.8) is 0 Å². The Balaban J connectivity index is 2.19. The van der Waals surface area contributed by atoms with Crippen LogP contribution in [0.15, 0.2) is 24.3 Å². The van der Waals surface area contributed by atoms with Crippen LogP contribution in [0, 0.1) is 0 Å². The molecule has 0 aliphatic rings. The molecule has 18 heavy (non-hydrogen) atoms. The average Bonchev–Trinajstić information content (AvgIpc) is 2.93. The molecule has 0 aliphatic heterocycles. The van der Waals surface area contributed by atoms with Crippen LogP contribution in [-0.4, -0.2) is 9.97 Å². The van der Waals surface area contributed by atoms with Crippen molar-refractivity contribution in [3.05, 3.63) is 34.2 Å². The zero-order valence-corrected chi connectivity index (χ0v) is 11.4. The summed E-state index contributed by atoms with van der Waals surface area (Å²) in [6, 6.07) is 7.79. The number of nitrogens with zero attached hydrogens (tertiary/aromatic N) is 1. The number of rotatable bonds is 2. The van der Waals surface area contributed by atoms with Crippen molar-refractivity contribution in [2.24, 2.45) is 0 Å². The van der Waals surface area contributed by atoms with Gasteiger partial charge in [-0.2, -0.15) is 0 Å². The lowest BCUT2D eigenvalue weighted by atomic mass is 10.2. The van der Waals surface area contributed by atoms with Gasteiger partial charge in [-0.3, -0.25) is 0 Å². The molecule has 0 unspecified atom stereocenters. The van der Waals surface area contributed by atoms with Gasteiger partial charge in [-0.1, -0.05) is 24.6 Å². The lowest BCUT2D eigenvalue weighted by Gasteiger charge is -1.92. The Morgan fingerprint density at radius 2 is 2.28 bits per heavy atom. The highest BCUT2D eigenvalue weighted by molar-refractivity contribution is 7.16. The molecule has 0 fully saturated rings. The SMILES string of the molecule is CCc1cc(-c2nc3c(Cl)cccc3[nH]2)c(N)s1. The van der Waals surface area contributed by atoms with Gasteiger partial charge in [-0.15, -0.1) is 11.3 Å². The van der Waals surface area contributed by atoms with Gasteiger partial charge < -0.3 is 10.7 Å². The van der Waals surface area contributed by atoms with Crippen molar-refractivity contribution in [1.82, 2.24) is 9.97 Å². The number of fused-ring (bicyclic) bond motifs is 1. The van der Waals surface area contributed by atoms with Crippen molar-refractivity contribution in [2.45, 2.75) is 13.3 Å². The number of imidazole rings is 1. The third kappa shape index (κ3) is 1.78. The quantitative estimate of drug-likeness (QED) is 0.741. The van der Waals surface area contributed by atoms with Gasteiger partial charge in [0.05, 0.1) is 21.1 Å². The van der Waals surface area contributed by atoms with Crippen LogP contribution >= 0.6 is 22.9 Å². The summed E-state index contributed by atoms with van der Waals surface area (Å²) in [5.74, 6) is 0.784. The van der Waals surface area contributed by atoms with Crippen molar-refractivity contribution in [2.75, 3.05) is 5.73 Å². The maximum atomic E-state index is 6.12. The first kappa shape index (κ1) is 11.6. The highest BCUT2D eigenvalue weighted by Gasteiger charge is 2.13. The first-order valence-electron chi connectivity index (χ1n) is 5.72. The Morgan fingerprint density at radius 3 is 2.94 bits per heavy atom. The zero-order valence-electron chi connectivity index (χ0n) is 9.83. The van der Waals surface area contributed by atoms with E-state index in [9.17, 15) is 0 Å². The highest BCUT2D eigenvalue weighted by Crippen LogP contribution is 2.34. The van der Waals surface area contributed by atoms with Gasteiger partial charge >= 0.3 is 0 Å². The number of para-hydroxylation sites is 1. The van der Waals surface area contributed by atoms with E-state index in [2.05, 4.69) is 23.0 Å². The van der Waals surface area contributed by atoms with E-state index in [0.717, 1.165) is 33.8 Å². The van der Waals surface area contributed by atoms with E-state index >= 15 is 0 Å². The maximum Gasteiger partial charge on any atom is 0.141 e. The van der Waals surface area contributed by atoms with Gasteiger partial charge in [0.1, 0.15) is 11.3 Å². The van der Waals surface area contributed by atoms with Crippen molar-refractivity contribution in [1.29, 1.82) is 0 Å². The average molecular weight is 278 g/mol. The molecule has 0 amide bonds. The number of nitrogen functional groups attached to an aromatic ring is 1. The van der Waals surface area contributed by atoms with E-state index in [1.54, 1.807) is 11.3 Å². The van der Waals surface area contributed by atoms with Crippen LogP contribution in [0.5, 0.6) is 0 Å². The lowest BCUT2D eigenvalue weighted by Crippen LogP contribution is -1.84. The van der Waals surface area contributed by atoms with E-state index in [0.29, 0.717) is 5.02 Å². The van der Waals surface area contributed by atoms with E-state index in [4.69, 9.17) is 17.3 Å². The van der Waals surface area contributed by atoms with E-state index in [1.807, 2.05) is 18.2 Å². The summed E-state index contributed by atoms with van der Waals surface area (Å²) in [6.45, 7) is 2.12. The summed E-state index contributed by atoms with van der Waals surface area (Å²) in [6.07, 6.45) is 0.982. The van der Waals surface area contributed by atoms with E-state index < -0.39 is 0 Å². The standard InChI is InChI=1S/C13H12ClN3S/c1-2-7-6-8(12(15)18-7)13-16-10-5-3-4-9(14)11(10)17-13/h3-6H,2,15H2,1H3,(H,16,17). The van der Waals surface area contributed by atoms with Gasteiger partial charge in [-0.05, 0) is 24.6 Å². The number of hydrogen-bond acceptors (Lipinski definition) is 3.